The van der Waals surface area contributed by atoms with E-state index in [1.807, 2.05) is 48.8 Å². The monoisotopic (exact) mass is 741 g/mol. The summed E-state index contributed by atoms with van der Waals surface area (Å²) in [7, 11) is 0. The fraction of sp³-hybridized carbons (Fsp3) is 0.108. The third-order valence-corrected chi connectivity index (χ3v) is 7.57. The summed E-state index contributed by atoms with van der Waals surface area (Å²) in [6, 6.07) is 33.5. The molecule has 0 spiro atoms. The molecule has 7 aromatic rings. The number of fused-ring (bicyclic) bond motifs is 2. The minimum atomic E-state index is -0.0473. The topological polar surface area (TPSA) is 72.0 Å². The molecule has 5 nitrogen and oxygen atoms in total. The maximum atomic E-state index is 10.4. The first-order chi connectivity index (χ1) is 20.3. The molecular weight excluding hydrogens is 714 g/mol. The summed E-state index contributed by atoms with van der Waals surface area (Å²) in [4.78, 5) is 14.0. The molecule has 7 rings (SSSR count). The predicted octanol–water partition coefficient (Wildman–Crippen LogP) is 9.24. The Morgan fingerprint density at radius 2 is 1.49 bits per heavy atom. The van der Waals surface area contributed by atoms with E-state index in [1.54, 1.807) is 24.4 Å². The first-order valence-corrected chi connectivity index (χ1v) is 13.9. The fourth-order valence-electron chi connectivity index (χ4n) is 5.33. The molecule has 4 aromatic carbocycles. The minimum absolute atomic E-state index is 0. The molecule has 0 aliphatic heterocycles. The van der Waals surface area contributed by atoms with E-state index in [9.17, 15) is 5.11 Å². The smallest absolute Gasteiger partial charge is 0.230 e. The van der Waals surface area contributed by atoms with Gasteiger partial charge in [-0.1, -0.05) is 86.0 Å². The Hall–Kier alpha value is -4.60. The van der Waals surface area contributed by atoms with E-state index in [1.165, 1.54) is 5.56 Å². The second-order valence-corrected chi connectivity index (χ2v) is 11.5. The van der Waals surface area contributed by atoms with Gasteiger partial charge in [0.15, 0.2) is 0 Å². The van der Waals surface area contributed by atoms with Crippen molar-refractivity contribution in [2.24, 2.45) is 0 Å². The summed E-state index contributed by atoms with van der Waals surface area (Å²) in [6.07, 6.45) is 5.49. The Morgan fingerprint density at radius 1 is 0.721 bits per heavy atom. The van der Waals surface area contributed by atoms with Crippen molar-refractivity contribution < 1.29 is 30.6 Å². The molecular formula is C37H28N3O2Pt-. The molecule has 0 amide bonds. The van der Waals surface area contributed by atoms with Crippen LogP contribution in [0.3, 0.4) is 0 Å². The van der Waals surface area contributed by atoms with Gasteiger partial charge in [0.05, 0.1) is 11.1 Å². The number of phenolic OH excluding ortho intramolecular Hbond substituents is 1. The van der Waals surface area contributed by atoms with Crippen molar-refractivity contribution in [2.45, 2.75) is 26.2 Å². The van der Waals surface area contributed by atoms with Crippen LogP contribution < -0.4 is 0 Å². The van der Waals surface area contributed by atoms with Crippen LogP contribution in [0.15, 0.2) is 114 Å². The second-order valence-electron chi connectivity index (χ2n) is 11.5. The number of hydrogen-bond acceptors (Lipinski definition) is 5. The molecule has 3 aromatic heterocycles. The van der Waals surface area contributed by atoms with Crippen LogP contribution in [0, 0.1) is 6.07 Å². The second kappa shape index (κ2) is 11.2. The minimum Gasteiger partial charge on any atom is -0.507 e. The van der Waals surface area contributed by atoms with E-state index in [0.29, 0.717) is 22.6 Å². The first-order valence-electron chi connectivity index (χ1n) is 13.9. The van der Waals surface area contributed by atoms with E-state index in [4.69, 9.17) is 14.4 Å². The third kappa shape index (κ3) is 5.37. The fourth-order valence-corrected chi connectivity index (χ4v) is 5.33. The van der Waals surface area contributed by atoms with Crippen molar-refractivity contribution in [2.75, 3.05) is 0 Å². The van der Waals surface area contributed by atoms with Crippen LogP contribution in [0.1, 0.15) is 26.3 Å². The van der Waals surface area contributed by atoms with Gasteiger partial charge >= 0.3 is 0 Å². The molecule has 214 valence electrons. The van der Waals surface area contributed by atoms with Crippen molar-refractivity contribution >= 4 is 22.0 Å². The largest absolute Gasteiger partial charge is 0.507 e. The van der Waals surface area contributed by atoms with Gasteiger partial charge in [-0.25, -0.2) is 4.98 Å². The van der Waals surface area contributed by atoms with Crippen LogP contribution in [0.2, 0.25) is 0 Å². The van der Waals surface area contributed by atoms with Crippen molar-refractivity contribution in [3.63, 3.8) is 0 Å². The summed E-state index contributed by atoms with van der Waals surface area (Å²) < 4.78 is 6.13. The van der Waals surface area contributed by atoms with Gasteiger partial charge in [0.1, 0.15) is 11.3 Å². The zero-order valence-corrected chi connectivity index (χ0v) is 26.2. The van der Waals surface area contributed by atoms with Crippen LogP contribution in [0.5, 0.6) is 5.75 Å². The Kier molecular flexibility index (Phi) is 7.45. The van der Waals surface area contributed by atoms with E-state index in [-0.39, 0.29) is 32.2 Å². The number of para-hydroxylation sites is 2. The normalized spacial score (nSPS) is 11.5. The van der Waals surface area contributed by atoms with E-state index in [0.717, 1.165) is 44.3 Å². The van der Waals surface area contributed by atoms with Crippen LogP contribution >= 0.6 is 0 Å². The maximum Gasteiger partial charge on any atom is 0.230 e. The van der Waals surface area contributed by atoms with Gasteiger partial charge in [-0.05, 0) is 52.3 Å². The standard InChI is InChI=1S/C37H28N3O2.Pt/c1-37(2,3)28-20-23-9-8-16-39-34(23)31(21-28)27-18-25(24-10-7-15-38-22-24)17-26(19-27)29-12-6-14-33-35(29)40-36(42-33)30-11-4-5-13-32(30)41;/h4-18,20-22,41H,1-3H3;/q-1;. The van der Waals surface area contributed by atoms with Gasteiger partial charge < -0.3 is 9.52 Å². The molecule has 0 aliphatic carbocycles. The van der Waals surface area contributed by atoms with Crippen LogP contribution in [-0.4, -0.2) is 20.1 Å². The van der Waals surface area contributed by atoms with Gasteiger partial charge in [-0.2, -0.15) is 0 Å². The molecule has 0 aliphatic rings. The Morgan fingerprint density at radius 3 is 2.26 bits per heavy atom. The molecule has 43 heavy (non-hydrogen) atoms. The summed E-state index contributed by atoms with van der Waals surface area (Å²) in [6.45, 7) is 6.68. The molecule has 0 radical (unpaired) electrons. The molecule has 0 fully saturated rings. The maximum absolute atomic E-state index is 10.4. The quantitative estimate of drug-likeness (QED) is 0.182. The Bertz CT molecular complexity index is 2100. The average molecular weight is 742 g/mol. The summed E-state index contributed by atoms with van der Waals surface area (Å²) in [5, 5.41) is 11.5. The third-order valence-electron chi connectivity index (χ3n) is 7.57. The SMILES string of the molecule is CC(C)(C)c1cc(-c2[c-]c(-c3cccc4oc(-c5ccccc5O)nc34)cc(-c3cccnc3)c2)c2ncccc2c1.[Pt]. The van der Waals surface area contributed by atoms with Gasteiger partial charge in [-0.3, -0.25) is 9.97 Å². The average Bonchev–Trinajstić information content (AvgIpc) is 3.45. The number of rotatable bonds is 4. The molecule has 0 saturated heterocycles. The van der Waals surface area contributed by atoms with Gasteiger partial charge in [0.25, 0.3) is 0 Å². The number of nitrogens with zero attached hydrogens (tertiary/aromatic N) is 3. The predicted molar refractivity (Wildman–Crippen MR) is 168 cm³/mol. The number of oxazole rings is 1. The molecule has 0 unspecified atom stereocenters. The number of hydrogen-bond donors (Lipinski definition) is 1. The van der Waals surface area contributed by atoms with Gasteiger partial charge in [0, 0.05) is 45.2 Å². The zero-order valence-electron chi connectivity index (χ0n) is 23.9. The summed E-state index contributed by atoms with van der Waals surface area (Å²) in [5.41, 5.74) is 9.71. The zero-order chi connectivity index (χ0) is 28.8. The number of phenols is 1. The van der Waals surface area contributed by atoms with Gasteiger partial charge in [-0.15, -0.1) is 29.3 Å². The number of benzene rings is 4. The molecule has 0 atom stereocenters. The van der Waals surface area contributed by atoms with Crippen LogP contribution in [0.25, 0.3) is 66.8 Å². The Balaban J connectivity index is 0.00000329. The van der Waals surface area contributed by atoms with Crippen molar-refractivity contribution in [1.82, 2.24) is 15.0 Å². The summed E-state index contributed by atoms with van der Waals surface area (Å²) >= 11 is 0. The Labute approximate surface area is 264 Å². The summed E-state index contributed by atoms with van der Waals surface area (Å²) in [5.74, 6) is 0.489. The number of pyridine rings is 2. The number of aromatic nitrogens is 3. The van der Waals surface area contributed by atoms with Crippen molar-refractivity contribution in [1.29, 1.82) is 0 Å². The molecule has 1 N–H and O–H groups in total. The molecule has 6 heteroatoms. The number of aromatic hydroxyl groups is 1. The van der Waals surface area contributed by atoms with Gasteiger partial charge in [0.2, 0.25) is 5.89 Å². The van der Waals surface area contributed by atoms with E-state index < -0.39 is 0 Å². The van der Waals surface area contributed by atoms with E-state index in [2.05, 4.69) is 68.2 Å². The first kappa shape index (κ1) is 28.5. The van der Waals surface area contributed by atoms with E-state index >= 15 is 0 Å². The van der Waals surface area contributed by atoms with Crippen LogP contribution in [-0.2, 0) is 26.5 Å². The molecule has 0 bridgehead atoms. The van der Waals surface area contributed by atoms with Crippen molar-refractivity contribution in [3.05, 3.63) is 121 Å². The molecule has 0 saturated carbocycles. The van der Waals surface area contributed by atoms with Crippen molar-refractivity contribution in [3.8, 4) is 50.6 Å². The van der Waals surface area contributed by atoms with Crippen LogP contribution in [0.4, 0.5) is 0 Å². The molecule has 3 heterocycles.